The Labute approximate surface area is 260 Å². The Bertz CT molecular complexity index is 1500. The molecule has 0 radical (unpaired) electrons. The molecule has 1 aliphatic rings. The molecule has 4 aromatic rings. The monoisotopic (exact) mass is 756 g/mol. The van der Waals surface area contributed by atoms with Crippen molar-refractivity contribution in [3.05, 3.63) is 131 Å². The maximum absolute atomic E-state index is 13.6. The van der Waals surface area contributed by atoms with Gasteiger partial charge in [0.1, 0.15) is 12.4 Å². The number of aliphatic imine (C=N–C) groups is 1. The van der Waals surface area contributed by atoms with E-state index < -0.39 is 0 Å². The molecular weight excluding hydrogens is 730 g/mol. The number of benzene rings is 4. The van der Waals surface area contributed by atoms with Crippen molar-refractivity contribution in [1.82, 2.24) is 4.90 Å². The van der Waals surface area contributed by atoms with Crippen LogP contribution >= 0.6 is 56.9 Å². The fourth-order valence-electron chi connectivity index (χ4n) is 4.09. The van der Waals surface area contributed by atoms with E-state index in [9.17, 15) is 4.79 Å². The first kappa shape index (κ1) is 27.9. The van der Waals surface area contributed by atoms with Gasteiger partial charge in [-0.3, -0.25) is 9.69 Å². The third kappa shape index (κ3) is 7.32. The number of hydrogen-bond acceptors (Lipinski definition) is 4. The van der Waals surface area contributed by atoms with E-state index in [1.54, 1.807) is 4.90 Å². The molecule has 0 saturated carbocycles. The molecule has 39 heavy (non-hydrogen) atoms. The first-order valence-electron chi connectivity index (χ1n) is 12.5. The molecule has 0 aliphatic carbocycles. The van der Waals surface area contributed by atoms with Gasteiger partial charge in [0.25, 0.3) is 5.91 Å². The quantitative estimate of drug-likeness (QED) is 0.134. The van der Waals surface area contributed by atoms with E-state index in [1.165, 1.54) is 22.9 Å². The summed E-state index contributed by atoms with van der Waals surface area (Å²) in [6, 6.07) is 32.6. The van der Waals surface area contributed by atoms with Gasteiger partial charge in [-0.25, -0.2) is 4.99 Å². The number of rotatable bonds is 8. The molecule has 0 spiro atoms. The number of halogens is 2. The second-order valence-corrected chi connectivity index (χ2v) is 12.5. The Kier molecular flexibility index (Phi) is 9.41. The van der Waals surface area contributed by atoms with Crippen LogP contribution in [-0.2, 0) is 17.8 Å². The second-order valence-electron chi connectivity index (χ2n) is 9.12. The van der Waals surface area contributed by atoms with Crippen molar-refractivity contribution < 1.29 is 9.53 Å². The van der Waals surface area contributed by atoms with Gasteiger partial charge in [0.05, 0.1) is 17.7 Å². The fourth-order valence-corrected chi connectivity index (χ4v) is 7.24. The molecule has 0 unspecified atom stereocenters. The van der Waals surface area contributed by atoms with Crippen LogP contribution in [0.3, 0.4) is 0 Å². The summed E-state index contributed by atoms with van der Waals surface area (Å²) in [7, 11) is 0. The molecule has 0 aromatic heterocycles. The normalized spacial score (nSPS) is 15.4. The van der Waals surface area contributed by atoms with Gasteiger partial charge < -0.3 is 4.74 Å². The smallest absolute Gasteiger partial charge is 0.266 e. The van der Waals surface area contributed by atoms with Crippen LogP contribution in [0.5, 0.6) is 5.75 Å². The van der Waals surface area contributed by atoms with Gasteiger partial charge in [0.2, 0.25) is 0 Å². The third-order valence-electron chi connectivity index (χ3n) is 6.16. The number of hydrogen-bond donors (Lipinski definition) is 0. The number of aryl methyl sites for hydroxylation is 1. The van der Waals surface area contributed by atoms with Crippen LogP contribution in [0.25, 0.3) is 6.08 Å². The standard InChI is InChI=1S/C32H26I2N2O2S/c1-22-12-14-26(15-13-22)35-32-36(17-16-23-8-4-2-5-9-23)31(37)29(39-32)20-25-18-27(33)30(28(34)19-25)38-21-24-10-6-3-7-11-24/h2-15,18-20H,16-17,21H2,1H3/b29-20+,35-32?. The Morgan fingerprint density at radius 1 is 0.872 bits per heavy atom. The highest BCUT2D eigenvalue weighted by Gasteiger charge is 2.33. The summed E-state index contributed by atoms with van der Waals surface area (Å²) in [5, 5.41) is 0.707. The van der Waals surface area contributed by atoms with Crippen molar-refractivity contribution >= 4 is 79.8 Å². The minimum Gasteiger partial charge on any atom is -0.487 e. The van der Waals surface area contributed by atoms with Gasteiger partial charge in [0.15, 0.2) is 5.17 Å². The van der Waals surface area contributed by atoms with Crippen LogP contribution in [0.2, 0.25) is 0 Å². The number of nitrogens with zero attached hydrogens (tertiary/aromatic N) is 2. The summed E-state index contributed by atoms with van der Waals surface area (Å²) in [6.07, 6.45) is 2.72. The number of thioether (sulfide) groups is 1. The summed E-state index contributed by atoms with van der Waals surface area (Å²) in [5.41, 5.74) is 5.30. The molecule has 1 amide bonds. The molecule has 1 heterocycles. The average Bonchev–Trinajstić information content (AvgIpc) is 3.22. The molecule has 7 heteroatoms. The maximum Gasteiger partial charge on any atom is 0.266 e. The largest absolute Gasteiger partial charge is 0.487 e. The predicted octanol–water partition coefficient (Wildman–Crippen LogP) is 8.63. The minimum atomic E-state index is -0.0174. The first-order chi connectivity index (χ1) is 19.0. The van der Waals surface area contributed by atoms with Gasteiger partial charge in [-0.1, -0.05) is 78.4 Å². The lowest BCUT2D eigenvalue weighted by Gasteiger charge is -2.15. The van der Waals surface area contributed by atoms with E-state index in [1.807, 2.05) is 66.7 Å². The minimum absolute atomic E-state index is 0.0174. The second kappa shape index (κ2) is 13.1. The molecule has 4 aromatic carbocycles. The van der Waals surface area contributed by atoms with Crippen LogP contribution in [0, 0.1) is 14.1 Å². The summed E-state index contributed by atoms with van der Waals surface area (Å²) < 4.78 is 8.16. The Hall–Kier alpha value is -2.63. The van der Waals surface area contributed by atoms with Crippen LogP contribution in [-0.4, -0.2) is 22.5 Å². The van der Waals surface area contributed by atoms with Crippen molar-refractivity contribution in [2.75, 3.05) is 6.54 Å². The number of carbonyl (C=O) groups excluding carboxylic acids is 1. The number of ether oxygens (including phenoxy) is 1. The van der Waals surface area contributed by atoms with Crippen LogP contribution in [0.1, 0.15) is 22.3 Å². The van der Waals surface area contributed by atoms with Gasteiger partial charge in [-0.2, -0.15) is 0 Å². The van der Waals surface area contributed by atoms with Gasteiger partial charge in [-0.05, 0) is 117 Å². The van der Waals surface area contributed by atoms with Crippen LogP contribution < -0.4 is 4.74 Å². The molecule has 1 fully saturated rings. The molecule has 0 bridgehead atoms. The number of amidine groups is 1. The van der Waals surface area contributed by atoms with E-state index in [4.69, 9.17) is 9.73 Å². The van der Waals surface area contributed by atoms with E-state index in [-0.39, 0.29) is 5.91 Å². The van der Waals surface area contributed by atoms with Gasteiger partial charge in [-0.15, -0.1) is 0 Å². The molecular formula is C32H26I2N2O2S. The van der Waals surface area contributed by atoms with E-state index >= 15 is 0 Å². The SMILES string of the molecule is Cc1ccc(N=C2S/C(=C/c3cc(I)c(OCc4ccccc4)c(I)c3)C(=O)N2CCc2ccccc2)cc1. The summed E-state index contributed by atoms with van der Waals surface area (Å²) in [5.74, 6) is 0.843. The summed E-state index contributed by atoms with van der Waals surface area (Å²) in [6.45, 7) is 3.13. The predicted molar refractivity (Wildman–Crippen MR) is 178 cm³/mol. The average molecular weight is 756 g/mol. The molecule has 5 rings (SSSR count). The lowest BCUT2D eigenvalue weighted by atomic mass is 10.1. The molecule has 196 valence electrons. The lowest BCUT2D eigenvalue weighted by Crippen LogP contribution is -2.31. The van der Waals surface area contributed by atoms with Crippen molar-refractivity contribution in [3.8, 4) is 5.75 Å². The zero-order chi connectivity index (χ0) is 27.2. The van der Waals surface area contributed by atoms with Crippen molar-refractivity contribution in [2.24, 2.45) is 4.99 Å². The highest BCUT2D eigenvalue weighted by atomic mass is 127. The Morgan fingerprint density at radius 2 is 1.49 bits per heavy atom. The number of carbonyl (C=O) groups is 1. The molecule has 0 N–H and O–H groups in total. The zero-order valence-electron chi connectivity index (χ0n) is 21.3. The van der Waals surface area contributed by atoms with E-state index in [0.717, 1.165) is 36.1 Å². The van der Waals surface area contributed by atoms with Crippen LogP contribution in [0.15, 0.2) is 107 Å². The lowest BCUT2D eigenvalue weighted by molar-refractivity contribution is -0.122. The van der Waals surface area contributed by atoms with Crippen molar-refractivity contribution in [2.45, 2.75) is 20.0 Å². The zero-order valence-corrected chi connectivity index (χ0v) is 26.4. The fraction of sp³-hybridized carbons (Fsp3) is 0.125. The molecule has 4 nitrogen and oxygen atoms in total. The highest BCUT2D eigenvalue weighted by molar-refractivity contribution is 14.1. The van der Waals surface area contributed by atoms with E-state index in [2.05, 4.69) is 88.5 Å². The topological polar surface area (TPSA) is 41.9 Å². The summed E-state index contributed by atoms with van der Waals surface area (Å²) in [4.78, 5) is 20.9. The number of amides is 1. The van der Waals surface area contributed by atoms with Gasteiger partial charge in [0, 0.05) is 6.54 Å². The van der Waals surface area contributed by atoms with E-state index in [0.29, 0.717) is 23.2 Å². The molecule has 1 aliphatic heterocycles. The van der Waals surface area contributed by atoms with Crippen LogP contribution in [0.4, 0.5) is 5.69 Å². The van der Waals surface area contributed by atoms with Gasteiger partial charge >= 0.3 is 0 Å². The summed E-state index contributed by atoms with van der Waals surface area (Å²) >= 11 is 6.04. The molecule has 1 saturated heterocycles. The third-order valence-corrected chi connectivity index (χ3v) is 8.77. The first-order valence-corrected chi connectivity index (χ1v) is 15.5. The van der Waals surface area contributed by atoms with Crippen molar-refractivity contribution in [3.63, 3.8) is 0 Å². The highest BCUT2D eigenvalue weighted by Crippen LogP contribution is 2.36. The van der Waals surface area contributed by atoms with Crippen molar-refractivity contribution in [1.29, 1.82) is 0 Å². The Balaban J connectivity index is 1.39. The molecule has 0 atom stereocenters. The Morgan fingerprint density at radius 3 is 2.13 bits per heavy atom. The maximum atomic E-state index is 13.6.